The Kier molecular flexibility index (Phi) is 4.19. The lowest BCUT2D eigenvalue weighted by atomic mass is 10.1. The highest BCUT2D eigenvalue weighted by Crippen LogP contribution is 2.11. The first kappa shape index (κ1) is 13.1. The number of rotatable bonds is 3. The maximum absolute atomic E-state index is 11.6. The Balaban J connectivity index is 2.66. The molecule has 6 nitrogen and oxygen atoms in total. The lowest BCUT2D eigenvalue weighted by molar-refractivity contribution is -0.144. The number of phenolic OH excluding ortho intramolecular Hbond substituents is 1. The first-order valence-electron chi connectivity index (χ1n) is 5.04. The van der Waals surface area contributed by atoms with E-state index in [0.29, 0.717) is 5.01 Å². The molecule has 0 aliphatic heterocycles. The summed E-state index contributed by atoms with van der Waals surface area (Å²) in [6, 6.07) is 5.41. The molecule has 1 rings (SSSR count). The molecule has 92 valence electrons. The molecule has 0 radical (unpaired) electrons. The zero-order valence-electron chi connectivity index (χ0n) is 9.46. The van der Waals surface area contributed by atoms with Gasteiger partial charge in [-0.2, -0.15) is 0 Å². The Morgan fingerprint density at radius 1 is 1.35 bits per heavy atom. The molecule has 0 saturated carbocycles. The third-order valence-corrected chi connectivity index (χ3v) is 2.29. The van der Waals surface area contributed by atoms with Gasteiger partial charge < -0.3 is 10.8 Å². The third kappa shape index (κ3) is 3.54. The van der Waals surface area contributed by atoms with E-state index in [9.17, 15) is 9.59 Å². The number of benzene rings is 1. The highest BCUT2D eigenvalue weighted by atomic mass is 16.3. The summed E-state index contributed by atoms with van der Waals surface area (Å²) in [6.45, 7) is 1.19. The van der Waals surface area contributed by atoms with E-state index >= 15 is 0 Å². The van der Waals surface area contributed by atoms with Gasteiger partial charge in [0.15, 0.2) is 0 Å². The number of nitrogens with two attached hydrogens (primary N) is 2. The summed E-state index contributed by atoms with van der Waals surface area (Å²) in [5.74, 6) is 4.20. The number of hydrogen-bond donors (Lipinski definition) is 3. The van der Waals surface area contributed by atoms with Gasteiger partial charge in [-0.3, -0.25) is 9.59 Å². The number of carbonyl (C=O) groups excluding carboxylic acids is 2. The average molecular weight is 237 g/mol. The van der Waals surface area contributed by atoms with Crippen molar-refractivity contribution >= 4 is 11.8 Å². The zero-order valence-corrected chi connectivity index (χ0v) is 9.46. The SMILES string of the molecule is CC(=O)N(N)C(=O)[C@@H](N)Cc1ccc(O)cc1. The molecule has 0 aromatic heterocycles. The van der Waals surface area contributed by atoms with Crippen molar-refractivity contribution in [3.05, 3.63) is 29.8 Å². The summed E-state index contributed by atoms with van der Waals surface area (Å²) in [7, 11) is 0. The average Bonchev–Trinajstić information content (AvgIpc) is 2.30. The molecule has 0 unspecified atom stereocenters. The van der Waals surface area contributed by atoms with Crippen LogP contribution in [0.5, 0.6) is 5.75 Å². The second-order valence-corrected chi connectivity index (χ2v) is 3.70. The molecule has 0 bridgehead atoms. The topological polar surface area (TPSA) is 110 Å². The molecular formula is C11H15N3O3. The van der Waals surface area contributed by atoms with Crippen molar-refractivity contribution in [1.82, 2.24) is 5.01 Å². The largest absolute Gasteiger partial charge is 0.508 e. The molecule has 1 aromatic rings. The number of imide groups is 1. The van der Waals surface area contributed by atoms with E-state index in [2.05, 4.69) is 0 Å². The Hall–Kier alpha value is -1.92. The minimum Gasteiger partial charge on any atom is -0.508 e. The van der Waals surface area contributed by atoms with Crippen molar-refractivity contribution in [2.45, 2.75) is 19.4 Å². The fourth-order valence-corrected chi connectivity index (χ4v) is 1.31. The van der Waals surface area contributed by atoms with E-state index in [1.807, 2.05) is 0 Å². The molecule has 2 amide bonds. The molecule has 5 N–H and O–H groups in total. The Morgan fingerprint density at radius 3 is 2.35 bits per heavy atom. The smallest absolute Gasteiger partial charge is 0.260 e. The molecule has 0 heterocycles. The van der Waals surface area contributed by atoms with Gasteiger partial charge >= 0.3 is 0 Å². The Bertz CT molecular complexity index is 416. The van der Waals surface area contributed by atoms with Crippen molar-refractivity contribution in [1.29, 1.82) is 0 Å². The number of carbonyl (C=O) groups is 2. The van der Waals surface area contributed by atoms with Crippen molar-refractivity contribution in [3.8, 4) is 5.75 Å². The summed E-state index contributed by atoms with van der Waals surface area (Å²) in [4.78, 5) is 22.4. The van der Waals surface area contributed by atoms with E-state index < -0.39 is 17.9 Å². The molecule has 0 fully saturated rings. The van der Waals surface area contributed by atoms with Gasteiger partial charge in [0, 0.05) is 6.92 Å². The first-order valence-corrected chi connectivity index (χ1v) is 5.04. The number of hydrazine groups is 1. The predicted molar refractivity (Wildman–Crippen MR) is 61.5 cm³/mol. The molecule has 17 heavy (non-hydrogen) atoms. The number of nitrogens with zero attached hydrogens (tertiary/aromatic N) is 1. The zero-order chi connectivity index (χ0) is 13.0. The van der Waals surface area contributed by atoms with Crippen molar-refractivity contribution in [3.63, 3.8) is 0 Å². The van der Waals surface area contributed by atoms with Crippen LogP contribution < -0.4 is 11.6 Å². The number of hydrogen-bond acceptors (Lipinski definition) is 5. The van der Waals surface area contributed by atoms with Crippen LogP contribution in [-0.2, 0) is 16.0 Å². The monoisotopic (exact) mass is 237 g/mol. The summed E-state index contributed by atoms with van der Waals surface area (Å²) in [5.41, 5.74) is 6.42. The van der Waals surface area contributed by atoms with Crippen molar-refractivity contribution in [2.24, 2.45) is 11.6 Å². The van der Waals surface area contributed by atoms with Crippen molar-refractivity contribution < 1.29 is 14.7 Å². The molecule has 0 aliphatic rings. The molecule has 0 spiro atoms. The first-order chi connectivity index (χ1) is 7.91. The lowest BCUT2D eigenvalue weighted by Crippen LogP contribution is -2.50. The fraction of sp³-hybridized carbons (Fsp3) is 0.273. The predicted octanol–water partition coefficient (Wildman–Crippen LogP) is -0.489. The Labute approximate surface area is 98.8 Å². The summed E-state index contributed by atoms with van der Waals surface area (Å²) in [5, 5.41) is 9.59. The number of aromatic hydroxyl groups is 1. The summed E-state index contributed by atoms with van der Waals surface area (Å²) < 4.78 is 0. The van der Waals surface area contributed by atoms with Crippen LogP contribution in [0.4, 0.5) is 0 Å². The fourth-order valence-electron chi connectivity index (χ4n) is 1.31. The van der Waals surface area contributed by atoms with Crippen LogP contribution in [0.3, 0.4) is 0 Å². The van der Waals surface area contributed by atoms with Crippen LogP contribution in [0.2, 0.25) is 0 Å². The van der Waals surface area contributed by atoms with Crippen LogP contribution in [0.25, 0.3) is 0 Å². The number of amides is 2. The number of phenols is 1. The van der Waals surface area contributed by atoms with Gasteiger partial charge in [0.05, 0.1) is 6.04 Å². The van der Waals surface area contributed by atoms with Crippen molar-refractivity contribution in [2.75, 3.05) is 0 Å². The molecular weight excluding hydrogens is 222 g/mol. The van der Waals surface area contributed by atoms with E-state index in [-0.39, 0.29) is 12.2 Å². The molecule has 0 aliphatic carbocycles. The van der Waals surface area contributed by atoms with Crippen LogP contribution in [0.1, 0.15) is 12.5 Å². The third-order valence-electron chi connectivity index (χ3n) is 2.29. The maximum atomic E-state index is 11.6. The second kappa shape index (κ2) is 5.42. The maximum Gasteiger partial charge on any atom is 0.260 e. The van der Waals surface area contributed by atoms with E-state index in [0.717, 1.165) is 5.56 Å². The lowest BCUT2D eigenvalue weighted by Gasteiger charge is -2.17. The molecule has 6 heteroatoms. The molecule has 1 atom stereocenters. The minimum absolute atomic E-state index is 0.137. The van der Waals surface area contributed by atoms with E-state index in [1.165, 1.54) is 19.1 Å². The highest BCUT2D eigenvalue weighted by Gasteiger charge is 2.21. The van der Waals surface area contributed by atoms with Gasteiger partial charge in [-0.05, 0) is 24.1 Å². The van der Waals surface area contributed by atoms with Gasteiger partial charge in [-0.1, -0.05) is 12.1 Å². The van der Waals surface area contributed by atoms with Gasteiger partial charge in [0.25, 0.3) is 5.91 Å². The molecule has 1 aromatic carbocycles. The van der Waals surface area contributed by atoms with Crippen LogP contribution in [0.15, 0.2) is 24.3 Å². The summed E-state index contributed by atoms with van der Waals surface area (Å²) >= 11 is 0. The van der Waals surface area contributed by atoms with E-state index in [1.54, 1.807) is 12.1 Å². The summed E-state index contributed by atoms with van der Waals surface area (Å²) in [6.07, 6.45) is 0.250. The standard InChI is InChI=1S/C11H15N3O3/c1-7(15)14(13)11(17)10(12)6-8-2-4-9(16)5-3-8/h2-5,10,16H,6,12-13H2,1H3/t10-/m0/s1. The highest BCUT2D eigenvalue weighted by molar-refractivity contribution is 5.96. The van der Waals surface area contributed by atoms with Gasteiger partial charge in [-0.25, -0.2) is 10.9 Å². The van der Waals surface area contributed by atoms with Crippen LogP contribution in [0, 0.1) is 0 Å². The minimum atomic E-state index is -0.881. The van der Waals surface area contributed by atoms with Crippen LogP contribution >= 0.6 is 0 Å². The molecule has 0 saturated heterocycles. The Morgan fingerprint density at radius 2 is 1.88 bits per heavy atom. The van der Waals surface area contributed by atoms with Gasteiger partial charge in [0.2, 0.25) is 5.91 Å². The van der Waals surface area contributed by atoms with Crippen LogP contribution in [-0.4, -0.2) is 28.0 Å². The normalized spacial score (nSPS) is 11.9. The second-order valence-electron chi connectivity index (χ2n) is 3.70. The van der Waals surface area contributed by atoms with Gasteiger partial charge in [0.1, 0.15) is 5.75 Å². The van der Waals surface area contributed by atoms with E-state index in [4.69, 9.17) is 16.7 Å². The van der Waals surface area contributed by atoms with Gasteiger partial charge in [-0.15, -0.1) is 0 Å². The quantitative estimate of drug-likeness (QED) is 0.373.